The maximum absolute atomic E-state index is 11.9. The third kappa shape index (κ3) is 3.21. The van der Waals surface area contributed by atoms with Crippen LogP contribution in [-0.2, 0) is 9.47 Å². The molecule has 0 saturated heterocycles. The normalized spacial score (nSPS) is 11.3. The number of amides is 1. The standard InChI is InChI=1S/C16H19NO5/c1-9-11(14(18)20-5)8-12(10-6-7-21-13(9)10)17-15(19)22-16(2,3)4/h6-8H,1-5H3,(H,17,19). The molecule has 2 aromatic rings. The third-order valence-electron chi connectivity index (χ3n) is 3.03. The monoisotopic (exact) mass is 305 g/mol. The summed E-state index contributed by atoms with van der Waals surface area (Å²) in [6.45, 7) is 7.08. The lowest BCUT2D eigenvalue weighted by molar-refractivity contribution is 0.0595. The van der Waals surface area contributed by atoms with Gasteiger partial charge in [-0.25, -0.2) is 9.59 Å². The van der Waals surface area contributed by atoms with Gasteiger partial charge in [-0.15, -0.1) is 0 Å². The second kappa shape index (κ2) is 5.71. The molecule has 0 spiro atoms. The van der Waals surface area contributed by atoms with E-state index in [2.05, 4.69) is 5.32 Å². The molecule has 0 aliphatic rings. The van der Waals surface area contributed by atoms with Gasteiger partial charge in [-0.1, -0.05) is 0 Å². The number of nitrogens with one attached hydrogen (secondary N) is 1. The fourth-order valence-corrected chi connectivity index (χ4v) is 2.10. The van der Waals surface area contributed by atoms with Crippen molar-refractivity contribution in [3.63, 3.8) is 0 Å². The van der Waals surface area contributed by atoms with Crippen LogP contribution in [0.5, 0.6) is 0 Å². The Labute approximate surface area is 128 Å². The molecule has 1 heterocycles. The van der Waals surface area contributed by atoms with E-state index >= 15 is 0 Å². The zero-order valence-corrected chi connectivity index (χ0v) is 13.3. The van der Waals surface area contributed by atoms with Crippen LogP contribution in [0.1, 0.15) is 36.7 Å². The zero-order chi connectivity index (χ0) is 16.5. The minimum atomic E-state index is -0.616. The lowest BCUT2D eigenvalue weighted by Crippen LogP contribution is -2.27. The molecule has 118 valence electrons. The number of ether oxygens (including phenoxy) is 2. The van der Waals surface area contributed by atoms with Gasteiger partial charge in [-0.2, -0.15) is 0 Å². The Bertz CT molecular complexity index is 724. The molecule has 0 saturated carbocycles. The molecule has 1 amide bonds. The van der Waals surface area contributed by atoms with E-state index in [9.17, 15) is 9.59 Å². The molecule has 0 radical (unpaired) electrons. The summed E-state index contributed by atoms with van der Waals surface area (Å²) >= 11 is 0. The Morgan fingerprint density at radius 1 is 1.27 bits per heavy atom. The number of esters is 1. The molecule has 6 nitrogen and oxygen atoms in total. The van der Waals surface area contributed by atoms with E-state index in [1.165, 1.54) is 13.4 Å². The van der Waals surface area contributed by atoms with Crippen molar-refractivity contribution in [2.75, 3.05) is 12.4 Å². The van der Waals surface area contributed by atoms with Crippen LogP contribution in [0.25, 0.3) is 11.0 Å². The molecule has 6 heteroatoms. The summed E-state index contributed by atoms with van der Waals surface area (Å²) in [5, 5.41) is 3.34. The third-order valence-corrected chi connectivity index (χ3v) is 3.03. The number of carbonyl (C=O) groups is 2. The first-order chi connectivity index (χ1) is 10.2. The van der Waals surface area contributed by atoms with Crippen molar-refractivity contribution in [1.29, 1.82) is 0 Å². The van der Waals surface area contributed by atoms with Crippen molar-refractivity contribution in [2.24, 2.45) is 0 Å². The Hall–Kier alpha value is -2.50. The average molecular weight is 305 g/mol. The molecule has 22 heavy (non-hydrogen) atoms. The maximum Gasteiger partial charge on any atom is 0.412 e. The first-order valence-corrected chi connectivity index (χ1v) is 6.82. The summed E-state index contributed by atoms with van der Waals surface area (Å²) in [6.07, 6.45) is 0.897. The van der Waals surface area contributed by atoms with Crippen LogP contribution in [0.15, 0.2) is 22.8 Å². The number of hydrogen-bond acceptors (Lipinski definition) is 5. The van der Waals surface area contributed by atoms with Crippen molar-refractivity contribution in [3.8, 4) is 0 Å². The molecule has 0 unspecified atom stereocenters. The predicted molar refractivity (Wildman–Crippen MR) is 82.1 cm³/mol. The van der Waals surface area contributed by atoms with Gasteiger partial charge in [0, 0.05) is 10.9 Å². The number of benzene rings is 1. The Morgan fingerprint density at radius 2 is 1.95 bits per heavy atom. The topological polar surface area (TPSA) is 77.8 Å². The first-order valence-electron chi connectivity index (χ1n) is 6.82. The summed E-state index contributed by atoms with van der Waals surface area (Å²) in [5.74, 6) is -0.497. The first kappa shape index (κ1) is 15.9. The molecule has 2 rings (SSSR count). The van der Waals surface area contributed by atoms with Gasteiger partial charge < -0.3 is 13.9 Å². The molecule has 1 aromatic heterocycles. The second-order valence-electron chi connectivity index (χ2n) is 5.88. The number of aryl methyl sites for hydroxylation is 1. The number of rotatable bonds is 2. The number of fused-ring (bicyclic) bond motifs is 1. The van der Waals surface area contributed by atoms with Crippen LogP contribution < -0.4 is 5.32 Å². The lowest BCUT2D eigenvalue weighted by atomic mass is 10.0. The van der Waals surface area contributed by atoms with Gasteiger partial charge in [0.25, 0.3) is 0 Å². The minimum absolute atomic E-state index is 0.330. The van der Waals surface area contributed by atoms with E-state index in [1.807, 2.05) is 0 Å². The summed E-state index contributed by atoms with van der Waals surface area (Å²) < 4.78 is 15.4. The highest BCUT2D eigenvalue weighted by Crippen LogP contribution is 2.31. The molecule has 0 aliphatic heterocycles. The van der Waals surface area contributed by atoms with Crippen molar-refractivity contribution in [3.05, 3.63) is 29.5 Å². The fourth-order valence-electron chi connectivity index (χ4n) is 2.10. The van der Waals surface area contributed by atoms with Crippen LogP contribution in [-0.4, -0.2) is 24.8 Å². The van der Waals surface area contributed by atoms with Gasteiger partial charge in [0.1, 0.15) is 11.2 Å². The van der Waals surface area contributed by atoms with Gasteiger partial charge in [-0.05, 0) is 39.8 Å². The van der Waals surface area contributed by atoms with E-state index in [1.54, 1.807) is 39.8 Å². The van der Waals surface area contributed by atoms with Gasteiger partial charge in [0.2, 0.25) is 0 Å². The van der Waals surface area contributed by atoms with Crippen LogP contribution >= 0.6 is 0 Å². The van der Waals surface area contributed by atoms with Crippen LogP contribution in [0.4, 0.5) is 10.5 Å². The quantitative estimate of drug-likeness (QED) is 0.852. The largest absolute Gasteiger partial charge is 0.465 e. The molecular weight excluding hydrogens is 286 g/mol. The molecule has 0 aliphatic carbocycles. The average Bonchev–Trinajstić information content (AvgIpc) is 2.89. The number of carbonyl (C=O) groups excluding carboxylic acids is 2. The molecule has 1 N–H and O–H groups in total. The Balaban J connectivity index is 2.45. The summed E-state index contributed by atoms with van der Waals surface area (Å²) in [5.41, 5.74) is 1.32. The van der Waals surface area contributed by atoms with E-state index in [-0.39, 0.29) is 0 Å². The number of methoxy groups -OCH3 is 1. The van der Waals surface area contributed by atoms with Crippen molar-refractivity contribution < 1.29 is 23.5 Å². The lowest BCUT2D eigenvalue weighted by Gasteiger charge is -2.20. The SMILES string of the molecule is COC(=O)c1cc(NC(=O)OC(C)(C)C)c2ccoc2c1C. The van der Waals surface area contributed by atoms with Crippen molar-refractivity contribution in [2.45, 2.75) is 33.3 Å². The fraction of sp³-hybridized carbons (Fsp3) is 0.375. The zero-order valence-electron chi connectivity index (χ0n) is 13.3. The highest BCUT2D eigenvalue weighted by atomic mass is 16.6. The smallest absolute Gasteiger partial charge is 0.412 e. The molecule has 0 fully saturated rings. The molecule has 1 aromatic carbocycles. The van der Waals surface area contributed by atoms with E-state index in [0.29, 0.717) is 27.8 Å². The highest BCUT2D eigenvalue weighted by Gasteiger charge is 2.21. The number of furan rings is 1. The minimum Gasteiger partial charge on any atom is -0.465 e. The molecular formula is C16H19NO5. The second-order valence-corrected chi connectivity index (χ2v) is 5.88. The Morgan fingerprint density at radius 3 is 2.55 bits per heavy atom. The Kier molecular flexibility index (Phi) is 4.12. The highest BCUT2D eigenvalue weighted by molar-refractivity contribution is 6.05. The van der Waals surface area contributed by atoms with E-state index in [4.69, 9.17) is 13.9 Å². The summed E-state index contributed by atoms with van der Waals surface area (Å²) in [4.78, 5) is 23.8. The summed E-state index contributed by atoms with van der Waals surface area (Å²) in [6, 6.07) is 3.28. The van der Waals surface area contributed by atoms with Gasteiger partial charge in [0.05, 0.1) is 24.6 Å². The van der Waals surface area contributed by atoms with Crippen LogP contribution in [0, 0.1) is 6.92 Å². The molecule has 0 atom stereocenters. The van der Waals surface area contributed by atoms with Gasteiger partial charge in [-0.3, -0.25) is 5.32 Å². The van der Waals surface area contributed by atoms with Crippen LogP contribution in [0.2, 0.25) is 0 Å². The van der Waals surface area contributed by atoms with Crippen LogP contribution in [0.3, 0.4) is 0 Å². The van der Waals surface area contributed by atoms with E-state index < -0.39 is 17.7 Å². The number of hydrogen-bond donors (Lipinski definition) is 1. The number of anilines is 1. The summed E-state index contributed by atoms with van der Waals surface area (Å²) in [7, 11) is 1.30. The molecule has 0 bridgehead atoms. The van der Waals surface area contributed by atoms with Crippen molar-refractivity contribution in [1.82, 2.24) is 0 Å². The van der Waals surface area contributed by atoms with E-state index in [0.717, 1.165) is 0 Å². The predicted octanol–water partition coefficient (Wildman–Crippen LogP) is 3.87. The van der Waals surface area contributed by atoms with Crippen molar-refractivity contribution >= 4 is 28.7 Å². The van der Waals surface area contributed by atoms with Gasteiger partial charge in [0.15, 0.2) is 0 Å². The van der Waals surface area contributed by atoms with Gasteiger partial charge >= 0.3 is 12.1 Å². The maximum atomic E-state index is 11.9.